The van der Waals surface area contributed by atoms with E-state index in [-0.39, 0.29) is 30.5 Å². The summed E-state index contributed by atoms with van der Waals surface area (Å²) < 4.78 is 65.5. The zero-order valence-electron chi connectivity index (χ0n) is 15.6. The maximum Gasteiger partial charge on any atom is 0.470 e. The third kappa shape index (κ3) is 5.32. The highest BCUT2D eigenvalue weighted by molar-refractivity contribution is 7.91. The van der Waals surface area contributed by atoms with Crippen molar-refractivity contribution in [1.29, 1.82) is 0 Å². The minimum absolute atomic E-state index is 0.0143. The van der Waals surface area contributed by atoms with Crippen molar-refractivity contribution in [3.63, 3.8) is 0 Å². The average Bonchev–Trinajstić information content (AvgIpc) is 3.17. The molecule has 1 aliphatic rings. The fourth-order valence-corrected chi connectivity index (χ4v) is 4.22. The first-order valence-electron chi connectivity index (χ1n) is 8.95. The van der Waals surface area contributed by atoms with E-state index in [1.165, 1.54) is 0 Å². The van der Waals surface area contributed by atoms with E-state index in [9.17, 15) is 26.7 Å². The maximum absolute atomic E-state index is 12.6. The van der Waals surface area contributed by atoms with Gasteiger partial charge in [-0.05, 0) is 24.2 Å². The quantitative estimate of drug-likeness (QED) is 0.685. The summed E-state index contributed by atoms with van der Waals surface area (Å²) in [6.45, 7) is 3.29. The van der Waals surface area contributed by atoms with E-state index in [0.29, 0.717) is 18.7 Å². The lowest BCUT2D eigenvalue weighted by atomic mass is 10.1. The number of alkyl halides is 3. The van der Waals surface area contributed by atoms with Crippen molar-refractivity contribution >= 4 is 9.84 Å². The van der Waals surface area contributed by atoms with Gasteiger partial charge in [-0.25, -0.2) is 8.42 Å². The molecule has 1 aliphatic heterocycles. The van der Waals surface area contributed by atoms with E-state index in [1.807, 2.05) is 6.92 Å². The summed E-state index contributed by atoms with van der Waals surface area (Å²) in [5.74, 6) is -1.60. The summed E-state index contributed by atoms with van der Waals surface area (Å²) in [5, 5.41) is 17.0. The number of hydrogen-bond donors (Lipinski definition) is 1. The average molecular weight is 434 g/mol. The van der Waals surface area contributed by atoms with Crippen molar-refractivity contribution in [2.75, 3.05) is 31.1 Å². The number of aliphatic hydroxyl groups excluding tert-OH is 1. The molecule has 1 N–H and O–H groups in total. The summed E-state index contributed by atoms with van der Waals surface area (Å²) >= 11 is 0. The minimum atomic E-state index is -4.70. The third-order valence-corrected chi connectivity index (χ3v) is 6.30. The van der Waals surface area contributed by atoms with Crippen molar-refractivity contribution in [3.8, 4) is 11.5 Å². The summed E-state index contributed by atoms with van der Waals surface area (Å²) in [7, 11) is -3.04. The molecule has 1 fully saturated rings. The Hall–Kier alpha value is -2.02. The Morgan fingerprint density at radius 3 is 2.34 bits per heavy atom. The number of aliphatic hydroxyl groups is 1. The Morgan fingerprint density at radius 1 is 1.21 bits per heavy atom. The van der Waals surface area contributed by atoms with Crippen molar-refractivity contribution in [3.05, 3.63) is 35.7 Å². The second-order valence-corrected chi connectivity index (χ2v) is 9.01. The molecule has 2 aromatic rings. The molecule has 12 heteroatoms. The van der Waals surface area contributed by atoms with E-state index in [0.717, 1.165) is 5.56 Å². The molecule has 0 aliphatic carbocycles. The van der Waals surface area contributed by atoms with Gasteiger partial charge in [0.1, 0.15) is 0 Å². The van der Waals surface area contributed by atoms with Crippen LogP contribution in [0.5, 0.6) is 0 Å². The molecular formula is C17H21F3N4O4S. The number of benzene rings is 1. The Balaban J connectivity index is 1.65. The van der Waals surface area contributed by atoms with Gasteiger partial charge < -0.3 is 9.52 Å². The van der Waals surface area contributed by atoms with Crippen LogP contribution < -0.4 is 0 Å². The molecule has 0 amide bonds. The number of nitrogens with zero attached hydrogens (tertiary/aromatic N) is 4. The Morgan fingerprint density at radius 2 is 1.83 bits per heavy atom. The largest absolute Gasteiger partial charge is 0.470 e. The van der Waals surface area contributed by atoms with Gasteiger partial charge in [-0.1, -0.05) is 19.1 Å². The van der Waals surface area contributed by atoms with Crippen LogP contribution in [0.1, 0.15) is 18.4 Å². The van der Waals surface area contributed by atoms with E-state index in [4.69, 9.17) is 0 Å². The maximum atomic E-state index is 12.6. The Labute approximate surface area is 165 Å². The fraction of sp³-hybridized carbons (Fsp3) is 0.529. The Kier molecular flexibility index (Phi) is 6.27. The second kappa shape index (κ2) is 8.38. The monoisotopic (exact) mass is 434 g/mol. The normalized spacial score (nSPS) is 18.8. The SMILES string of the molecule is CCN(Cc1ccc(-c2nnc(C(F)(F)F)o2)cc1)C(O)N1CCS(=O)(=O)CC1. The molecule has 2 heterocycles. The smallest absolute Gasteiger partial charge is 0.413 e. The second-order valence-electron chi connectivity index (χ2n) is 6.70. The Bertz CT molecular complexity index is 917. The van der Waals surface area contributed by atoms with Gasteiger partial charge in [0.15, 0.2) is 16.2 Å². The molecule has 160 valence electrons. The molecule has 0 bridgehead atoms. The van der Waals surface area contributed by atoms with Gasteiger partial charge in [-0.3, -0.25) is 9.80 Å². The van der Waals surface area contributed by atoms with E-state index >= 15 is 0 Å². The van der Waals surface area contributed by atoms with Crippen LogP contribution in [0.15, 0.2) is 28.7 Å². The number of rotatable bonds is 6. The van der Waals surface area contributed by atoms with Crippen molar-refractivity contribution < 1.29 is 31.1 Å². The van der Waals surface area contributed by atoms with Gasteiger partial charge in [0, 0.05) is 25.2 Å². The molecule has 1 unspecified atom stereocenters. The third-order valence-electron chi connectivity index (χ3n) is 4.69. The molecular weight excluding hydrogens is 413 g/mol. The van der Waals surface area contributed by atoms with Crippen molar-refractivity contribution in [2.45, 2.75) is 26.0 Å². The summed E-state index contributed by atoms with van der Waals surface area (Å²) in [6.07, 6.45) is -5.63. The highest BCUT2D eigenvalue weighted by atomic mass is 32.2. The number of halogens is 3. The number of sulfone groups is 1. The standard InChI is InChI=1S/C17H21F3N4O4S/c1-2-23(16(25)24-7-9-29(26,27)10-8-24)11-12-3-5-13(6-4-12)14-21-22-15(28-14)17(18,19)20/h3-6,16,25H,2,7-11H2,1H3. The van der Waals surface area contributed by atoms with Crippen molar-refractivity contribution in [1.82, 2.24) is 20.0 Å². The van der Waals surface area contributed by atoms with Crippen LogP contribution in [0.25, 0.3) is 11.5 Å². The van der Waals surface area contributed by atoms with E-state index in [1.54, 1.807) is 34.1 Å². The van der Waals surface area contributed by atoms with Crippen LogP contribution >= 0.6 is 0 Å². The van der Waals surface area contributed by atoms with Gasteiger partial charge in [0.25, 0.3) is 0 Å². The molecule has 0 spiro atoms. The molecule has 1 saturated heterocycles. The molecule has 3 rings (SSSR count). The van der Waals surface area contributed by atoms with Crippen LogP contribution in [0, 0.1) is 0 Å². The van der Waals surface area contributed by atoms with Crippen LogP contribution in [-0.2, 0) is 22.6 Å². The first-order valence-corrected chi connectivity index (χ1v) is 10.8. The van der Waals surface area contributed by atoms with E-state index < -0.39 is 28.3 Å². The predicted molar refractivity (Wildman–Crippen MR) is 97.1 cm³/mol. The van der Waals surface area contributed by atoms with Gasteiger partial charge in [-0.2, -0.15) is 13.2 Å². The zero-order valence-corrected chi connectivity index (χ0v) is 16.4. The molecule has 1 aromatic carbocycles. The van der Waals surface area contributed by atoms with Crippen LogP contribution in [-0.4, -0.2) is 71.0 Å². The molecule has 0 saturated carbocycles. The van der Waals surface area contributed by atoms with Crippen LogP contribution in [0.3, 0.4) is 0 Å². The highest BCUT2D eigenvalue weighted by Gasteiger charge is 2.38. The lowest BCUT2D eigenvalue weighted by Crippen LogP contribution is -2.53. The van der Waals surface area contributed by atoms with Gasteiger partial charge >= 0.3 is 12.1 Å². The van der Waals surface area contributed by atoms with Crippen LogP contribution in [0.2, 0.25) is 0 Å². The molecule has 1 aromatic heterocycles. The summed E-state index contributed by atoms with van der Waals surface area (Å²) in [4.78, 5) is 3.47. The number of hydrogen-bond acceptors (Lipinski definition) is 8. The molecule has 0 radical (unpaired) electrons. The lowest BCUT2D eigenvalue weighted by molar-refractivity contribution is -0.156. The summed E-state index contributed by atoms with van der Waals surface area (Å²) in [6, 6.07) is 6.53. The fourth-order valence-electron chi connectivity index (χ4n) is 2.99. The minimum Gasteiger partial charge on any atom is -0.413 e. The van der Waals surface area contributed by atoms with Gasteiger partial charge in [-0.15, -0.1) is 10.2 Å². The lowest BCUT2D eigenvalue weighted by Gasteiger charge is -2.37. The van der Waals surface area contributed by atoms with Gasteiger partial charge in [0.05, 0.1) is 11.5 Å². The number of aromatic nitrogens is 2. The predicted octanol–water partition coefficient (Wildman–Crippen LogP) is 1.58. The van der Waals surface area contributed by atoms with Crippen LogP contribution in [0.4, 0.5) is 13.2 Å². The molecule has 29 heavy (non-hydrogen) atoms. The molecule has 1 atom stereocenters. The van der Waals surface area contributed by atoms with Crippen molar-refractivity contribution in [2.24, 2.45) is 0 Å². The van der Waals surface area contributed by atoms with Gasteiger partial charge in [0.2, 0.25) is 5.89 Å². The first-order chi connectivity index (χ1) is 13.6. The highest BCUT2D eigenvalue weighted by Crippen LogP contribution is 2.30. The first kappa shape index (κ1) is 21.7. The van der Waals surface area contributed by atoms with E-state index in [2.05, 4.69) is 14.6 Å². The molecule has 8 nitrogen and oxygen atoms in total. The topological polar surface area (TPSA) is 99.8 Å². The zero-order chi connectivity index (χ0) is 21.2. The summed E-state index contributed by atoms with van der Waals surface area (Å²) in [5.41, 5.74) is 1.16.